The van der Waals surface area contributed by atoms with Crippen LogP contribution in [0, 0.1) is 5.95 Å². The molecule has 3 aromatic heterocycles. The van der Waals surface area contributed by atoms with Gasteiger partial charge in [0.15, 0.2) is 5.78 Å². The second-order valence-electron chi connectivity index (χ2n) is 5.84. The van der Waals surface area contributed by atoms with Gasteiger partial charge in [0.2, 0.25) is 5.95 Å². The fourth-order valence-electron chi connectivity index (χ4n) is 2.76. The van der Waals surface area contributed by atoms with Crippen molar-refractivity contribution in [2.75, 3.05) is 5.32 Å². The summed E-state index contributed by atoms with van der Waals surface area (Å²) in [4.78, 5) is 20.0. The highest BCUT2D eigenvalue weighted by Gasteiger charge is 2.16. The van der Waals surface area contributed by atoms with E-state index in [1.54, 1.807) is 24.3 Å². The van der Waals surface area contributed by atoms with Crippen molar-refractivity contribution in [1.82, 2.24) is 14.4 Å². The molecule has 0 saturated carbocycles. The second-order valence-corrected chi connectivity index (χ2v) is 5.84. The summed E-state index contributed by atoms with van der Waals surface area (Å²) in [5, 5.41) is 3.31. The van der Waals surface area contributed by atoms with Crippen molar-refractivity contribution in [2.45, 2.75) is 6.92 Å². The zero-order valence-corrected chi connectivity index (χ0v) is 14.0. The molecule has 1 aromatic carbocycles. The van der Waals surface area contributed by atoms with Crippen LogP contribution in [-0.2, 0) is 0 Å². The molecule has 26 heavy (non-hydrogen) atoms. The predicted molar refractivity (Wildman–Crippen MR) is 98.1 cm³/mol. The normalized spacial score (nSPS) is 10.8. The molecule has 1 N–H and O–H groups in total. The van der Waals surface area contributed by atoms with Crippen LogP contribution in [0.5, 0.6) is 0 Å². The van der Waals surface area contributed by atoms with Crippen LogP contribution in [0.3, 0.4) is 0 Å². The number of benzene rings is 1. The van der Waals surface area contributed by atoms with Crippen LogP contribution in [0.2, 0.25) is 0 Å². The number of Topliss-reactive ketones (excluding diaryl/α,β-unsaturated/α-hetero) is 1. The quantitative estimate of drug-likeness (QED) is 0.437. The summed E-state index contributed by atoms with van der Waals surface area (Å²) in [6.45, 7) is 1.53. The largest absolute Gasteiger partial charge is 0.339 e. The molecular weight excluding hydrogens is 331 g/mol. The predicted octanol–water partition coefficient (Wildman–Crippen LogP) is 4.48. The number of aromatic nitrogens is 3. The minimum atomic E-state index is -0.559. The fourth-order valence-corrected chi connectivity index (χ4v) is 2.76. The number of ketones is 1. The number of carbonyl (C=O) groups excluding carboxylic acids is 1. The van der Waals surface area contributed by atoms with E-state index in [0.29, 0.717) is 22.8 Å². The van der Waals surface area contributed by atoms with Gasteiger partial charge in [-0.1, -0.05) is 12.1 Å². The number of hydrogen-bond acceptors (Lipinski definition) is 4. The van der Waals surface area contributed by atoms with Gasteiger partial charge in [0.1, 0.15) is 17.2 Å². The van der Waals surface area contributed by atoms with Crippen molar-refractivity contribution in [3.8, 4) is 11.4 Å². The molecule has 0 atom stereocenters. The number of fused-ring (bicyclic) bond motifs is 1. The Morgan fingerprint density at radius 2 is 1.81 bits per heavy atom. The number of nitrogens with one attached hydrogen (secondary N) is 1. The van der Waals surface area contributed by atoms with Gasteiger partial charge in [-0.05, 0) is 55.5 Å². The molecular formula is C20H15FN4O. The van der Waals surface area contributed by atoms with Gasteiger partial charge < -0.3 is 5.32 Å². The summed E-state index contributed by atoms with van der Waals surface area (Å²) in [5.41, 5.74) is 3.14. The Bertz CT molecular complexity index is 1100. The number of anilines is 2. The minimum absolute atomic E-state index is 0.0102. The number of hydrogen-bond donors (Lipinski definition) is 1. The summed E-state index contributed by atoms with van der Waals surface area (Å²) in [6.07, 6.45) is 1.87. The maximum atomic E-state index is 13.6. The van der Waals surface area contributed by atoms with Crippen molar-refractivity contribution in [3.05, 3.63) is 78.4 Å². The third-order valence-corrected chi connectivity index (χ3v) is 4.04. The van der Waals surface area contributed by atoms with Crippen LogP contribution in [0.4, 0.5) is 15.9 Å². The minimum Gasteiger partial charge on any atom is -0.339 e. The molecule has 4 rings (SSSR count). The van der Waals surface area contributed by atoms with Crippen LogP contribution < -0.4 is 5.32 Å². The van der Waals surface area contributed by atoms with E-state index in [-0.39, 0.29) is 5.78 Å². The molecule has 0 aliphatic rings. The first-order valence-corrected chi connectivity index (χ1v) is 8.10. The van der Waals surface area contributed by atoms with Crippen LogP contribution >= 0.6 is 0 Å². The molecule has 4 aromatic rings. The summed E-state index contributed by atoms with van der Waals surface area (Å²) in [7, 11) is 0. The second kappa shape index (κ2) is 6.40. The summed E-state index contributed by atoms with van der Waals surface area (Å²) >= 11 is 0. The van der Waals surface area contributed by atoms with E-state index < -0.39 is 5.95 Å². The van der Waals surface area contributed by atoms with Crippen molar-refractivity contribution >= 4 is 22.9 Å². The zero-order valence-electron chi connectivity index (χ0n) is 14.0. The maximum Gasteiger partial charge on any atom is 0.213 e. The topological polar surface area (TPSA) is 59.3 Å². The van der Waals surface area contributed by atoms with Crippen molar-refractivity contribution < 1.29 is 9.18 Å². The zero-order chi connectivity index (χ0) is 18.1. The van der Waals surface area contributed by atoms with E-state index in [0.717, 1.165) is 11.3 Å². The van der Waals surface area contributed by atoms with E-state index >= 15 is 0 Å². The standard InChI is InChI=1S/C20H15FN4O/c1-13(26)14-8-10-15(11-9-14)22-20-19(16-5-4-6-17(21)23-16)24-18-7-2-3-12-25(18)20/h2-12,22H,1H3. The highest BCUT2D eigenvalue weighted by molar-refractivity contribution is 5.94. The number of carbonyl (C=O) groups is 1. The lowest BCUT2D eigenvalue weighted by molar-refractivity contribution is 0.101. The number of pyridine rings is 2. The smallest absolute Gasteiger partial charge is 0.213 e. The van der Waals surface area contributed by atoms with E-state index in [9.17, 15) is 9.18 Å². The lowest BCUT2D eigenvalue weighted by atomic mass is 10.1. The first kappa shape index (κ1) is 16.0. The van der Waals surface area contributed by atoms with Gasteiger partial charge in [0.05, 0.1) is 5.69 Å². The molecule has 0 aliphatic carbocycles. The number of halogens is 1. The summed E-state index contributed by atoms with van der Waals surface area (Å²) < 4.78 is 15.5. The number of imidazole rings is 1. The first-order valence-electron chi connectivity index (χ1n) is 8.10. The van der Waals surface area contributed by atoms with Crippen LogP contribution in [-0.4, -0.2) is 20.2 Å². The Hall–Kier alpha value is -3.54. The maximum absolute atomic E-state index is 13.6. The molecule has 0 bridgehead atoms. The van der Waals surface area contributed by atoms with Crippen LogP contribution in [0.1, 0.15) is 17.3 Å². The highest BCUT2D eigenvalue weighted by Crippen LogP contribution is 2.30. The van der Waals surface area contributed by atoms with Gasteiger partial charge >= 0.3 is 0 Å². The fraction of sp³-hybridized carbons (Fsp3) is 0.0500. The average molecular weight is 346 g/mol. The molecule has 0 radical (unpaired) electrons. The molecule has 0 aliphatic heterocycles. The third-order valence-electron chi connectivity index (χ3n) is 4.04. The van der Waals surface area contributed by atoms with Crippen molar-refractivity contribution in [3.63, 3.8) is 0 Å². The molecule has 0 saturated heterocycles. The molecule has 128 valence electrons. The Kier molecular flexibility index (Phi) is 3.93. The molecule has 0 amide bonds. The Balaban J connectivity index is 1.82. The first-order chi connectivity index (χ1) is 12.6. The number of nitrogens with zero attached hydrogens (tertiary/aromatic N) is 3. The lowest BCUT2D eigenvalue weighted by Crippen LogP contribution is -1.99. The van der Waals surface area contributed by atoms with Gasteiger partial charge in [-0.15, -0.1) is 0 Å². The summed E-state index contributed by atoms with van der Waals surface area (Å²) in [6, 6.07) is 17.4. The summed E-state index contributed by atoms with van der Waals surface area (Å²) in [5.74, 6) is 0.126. The van der Waals surface area contributed by atoms with E-state index in [2.05, 4.69) is 15.3 Å². The Labute approximate surface area is 149 Å². The van der Waals surface area contributed by atoms with Gasteiger partial charge in [-0.3, -0.25) is 9.20 Å². The molecule has 5 nitrogen and oxygen atoms in total. The average Bonchev–Trinajstić information content (AvgIpc) is 3.01. The third kappa shape index (κ3) is 2.93. The molecule has 3 heterocycles. The molecule has 0 spiro atoms. The van der Waals surface area contributed by atoms with E-state index in [1.165, 1.54) is 13.0 Å². The van der Waals surface area contributed by atoms with Crippen molar-refractivity contribution in [1.29, 1.82) is 0 Å². The van der Waals surface area contributed by atoms with E-state index in [4.69, 9.17) is 0 Å². The Morgan fingerprint density at radius 1 is 1.00 bits per heavy atom. The van der Waals surface area contributed by atoms with Gasteiger partial charge in [0, 0.05) is 17.4 Å². The van der Waals surface area contributed by atoms with Crippen LogP contribution in [0.25, 0.3) is 17.0 Å². The van der Waals surface area contributed by atoms with Gasteiger partial charge in [-0.25, -0.2) is 9.97 Å². The van der Waals surface area contributed by atoms with Gasteiger partial charge in [-0.2, -0.15) is 4.39 Å². The molecule has 0 unspecified atom stereocenters. The van der Waals surface area contributed by atoms with Crippen LogP contribution in [0.15, 0.2) is 66.9 Å². The molecule has 0 fully saturated rings. The SMILES string of the molecule is CC(=O)c1ccc(Nc2c(-c3cccc(F)n3)nc3ccccn23)cc1. The molecule has 6 heteroatoms. The monoisotopic (exact) mass is 346 g/mol. The Morgan fingerprint density at radius 3 is 2.54 bits per heavy atom. The lowest BCUT2D eigenvalue weighted by Gasteiger charge is -2.09. The van der Waals surface area contributed by atoms with E-state index in [1.807, 2.05) is 40.9 Å². The highest BCUT2D eigenvalue weighted by atomic mass is 19.1. The number of rotatable bonds is 4. The van der Waals surface area contributed by atoms with Gasteiger partial charge in [0.25, 0.3) is 0 Å². The van der Waals surface area contributed by atoms with Crippen molar-refractivity contribution in [2.24, 2.45) is 0 Å².